The molecule has 3 aromatic carbocycles. The van der Waals surface area contributed by atoms with Gasteiger partial charge in [-0.2, -0.15) is 0 Å². The summed E-state index contributed by atoms with van der Waals surface area (Å²) in [5, 5.41) is 2.51. The Bertz CT molecular complexity index is 1200. The van der Waals surface area contributed by atoms with E-state index in [-0.39, 0.29) is 6.03 Å². The van der Waals surface area contributed by atoms with Crippen LogP contribution in [0.4, 0.5) is 25.0 Å². The zero-order valence-corrected chi connectivity index (χ0v) is 19.5. The number of amides is 3. The van der Waals surface area contributed by atoms with Crippen molar-refractivity contribution in [1.29, 1.82) is 0 Å². The SMILES string of the molecule is Cc1cc(C)c(CN2CCCN(c3ccc(NC(=O)c4c(F)cccc4F)cc3)C2=O)c(C)c1. The van der Waals surface area contributed by atoms with Crippen LogP contribution in [0.2, 0.25) is 0 Å². The maximum absolute atomic E-state index is 13.9. The van der Waals surface area contributed by atoms with E-state index in [1.807, 2.05) is 4.90 Å². The molecule has 176 valence electrons. The summed E-state index contributed by atoms with van der Waals surface area (Å²) in [5.74, 6) is -2.72. The van der Waals surface area contributed by atoms with Crippen molar-refractivity contribution in [3.63, 3.8) is 0 Å². The first kappa shape index (κ1) is 23.4. The van der Waals surface area contributed by atoms with Crippen molar-refractivity contribution in [2.75, 3.05) is 23.3 Å². The van der Waals surface area contributed by atoms with Crippen molar-refractivity contribution in [2.45, 2.75) is 33.7 Å². The van der Waals surface area contributed by atoms with Crippen LogP contribution in [0.25, 0.3) is 0 Å². The fraction of sp³-hybridized carbons (Fsp3) is 0.259. The second-order valence-electron chi connectivity index (χ2n) is 8.68. The van der Waals surface area contributed by atoms with E-state index < -0.39 is 23.1 Å². The van der Waals surface area contributed by atoms with Gasteiger partial charge in [0.2, 0.25) is 0 Å². The van der Waals surface area contributed by atoms with Crippen LogP contribution in [0, 0.1) is 32.4 Å². The van der Waals surface area contributed by atoms with Gasteiger partial charge in [-0.05, 0) is 80.3 Å². The monoisotopic (exact) mass is 463 g/mol. The highest BCUT2D eigenvalue weighted by Gasteiger charge is 2.27. The normalized spacial score (nSPS) is 13.9. The highest BCUT2D eigenvalue weighted by atomic mass is 19.1. The molecule has 0 bridgehead atoms. The molecule has 0 spiro atoms. The number of carbonyl (C=O) groups excluding carboxylic acids is 2. The summed E-state index contributed by atoms with van der Waals surface area (Å²) >= 11 is 0. The molecule has 0 aliphatic carbocycles. The number of anilines is 2. The second kappa shape index (κ2) is 9.63. The molecular weight excluding hydrogens is 436 g/mol. The standard InChI is InChI=1S/C27H27F2N3O2/c1-17-14-18(2)22(19(3)15-17)16-31-12-5-13-32(27(31)34)21-10-8-20(9-11-21)30-26(33)25-23(28)6-4-7-24(25)29/h4,6-11,14-15H,5,12-13,16H2,1-3H3,(H,30,33). The van der Waals surface area contributed by atoms with Gasteiger partial charge in [-0.1, -0.05) is 23.8 Å². The quantitative estimate of drug-likeness (QED) is 0.507. The predicted molar refractivity (Wildman–Crippen MR) is 129 cm³/mol. The Morgan fingerprint density at radius 1 is 0.941 bits per heavy atom. The molecule has 1 aliphatic heterocycles. The molecule has 1 saturated heterocycles. The molecule has 7 heteroatoms. The lowest BCUT2D eigenvalue weighted by Gasteiger charge is -2.36. The van der Waals surface area contributed by atoms with Crippen LogP contribution in [0.5, 0.6) is 0 Å². The van der Waals surface area contributed by atoms with Gasteiger partial charge in [0.25, 0.3) is 5.91 Å². The Kier molecular flexibility index (Phi) is 6.63. The van der Waals surface area contributed by atoms with Crippen LogP contribution in [-0.2, 0) is 6.54 Å². The number of hydrogen-bond acceptors (Lipinski definition) is 2. The lowest BCUT2D eigenvalue weighted by Crippen LogP contribution is -2.49. The van der Waals surface area contributed by atoms with E-state index >= 15 is 0 Å². The minimum Gasteiger partial charge on any atom is -0.322 e. The molecule has 3 amide bonds. The Labute approximate surface area is 198 Å². The Morgan fingerprint density at radius 3 is 2.18 bits per heavy atom. The molecular formula is C27H27F2N3O2. The minimum atomic E-state index is -0.924. The zero-order chi connectivity index (χ0) is 24.4. The van der Waals surface area contributed by atoms with Crippen molar-refractivity contribution in [3.8, 4) is 0 Å². The molecule has 0 atom stereocenters. The molecule has 1 heterocycles. The predicted octanol–water partition coefficient (Wildman–Crippen LogP) is 5.97. The van der Waals surface area contributed by atoms with E-state index in [2.05, 4.69) is 38.2 Å². The van der Waals surface area contributed by atoms with Gasteiger partial charge in [-0.3, -0.25) is 9.69 Å². The lowest BCUT2D eigenvalue weighted by atomic mass is 9.99. The number of nitrogens with zero attached hydrogens (tertiary/aromatic N) is 2. The van der Waals surface area contributed by atoms with Crippen LogP contribution in [0.15, 0.2) is 54.6 Å². The maximum atomic E-state index is 13.9. The molecule has 1 N–H and O–H groups in total. The fourth-order valence-corrected chi connectivity index (χ4v) is 4.45. The second-order valence-corrected chi connectivity index (χ2v) is 8.68. The highest BCUT2D eigenvalue weighted by Crippen LogP contribution is 2.26. The summed E-state index contributed by atoms with van der Waals surface area (Å²) in [6.45, 7) is 8.04. The molecule has 0 unspecified atom stereocenters. The van der Waals surface area contributed by atoms with Gasteiger partial charge >= 0.3 is 6.03 Å². The first-order valence-electron chi connectivity index (χ1n) is 11.2. The Hall–Kier alpha value is -3.74. The molecule has 0 aromatic heterocycles. The van der Waals surface area contributed by atoms with Crippen molar-refractivity contribution in [3.05, 3.63) is 94.0 Å². The lowest BCUT2D eigenvalue weighted by molar-refractivity contribution is 0.101. The topological polar surface area (TPSA) is 52.6 Å². The van der Waals surface area contributed by atoms with Crippen LogP contribution in [0.1, 0.15) is 39.0 Å². The largest absolute Gasteiger partial charge is 0.324 e. The Balaban J connectivity index is 1.47. The summed E-state index contributed by atoms with van der Waals surface area (Å²) in [4.78, 5) is 29.1. The number of halogens is 2. The third kappa shape index (κ3) is 4.78. The first-order valence-corrected chi connectivity index (χ1v) is 11.2. The number of aryl methyl sites for hydroxylation is 3. The van der Waals surface area contributed by atoms with Gasteiger partial charge in [0.15, 0.2) is 0 Å². The molecule has 1 fully saturated rings. The van der Waals surface area contributed by atoms with Crippen molar-refractivity contribution in [2.24, 2.45) is 0 Å². The summed E-state index contributed by atoms with van der Waals surface area (Å²) < 4.78 is 27.7. The third-order valence-corrected chi connectivity index (χ3v) is 6.13. The van der Waals surface area contributed by atoms with E-state index in [0.717, 1.165) is 18.6 Å². The number of nitrogens with one attached hydrogen (secondary N) is 1. The summed E-state index contributed by atoms with van der Waals surface area (Å²) in [6, 6.07) is 14.1. The van der Waals surface area contributed by atoms with E-state index in [1.165, 1.54) is 28.3 Å². The van der Waals surface area contributed by atoms with Crippen LogP contribution in [-0.4, -0.2) is 29.9 Å². The molecule has 5 nitrogen and oxygen atoms in total. The summed E-state index contributed by atoms with van der Waals surface area (Å²) in [7, 11) is 0. The van der Waals surface area contributed by atoms with Crippen LogP contribution >= 0.6 is 0 Å². The van der Waals surface area contributed by atoms with Gasteiger partial charge < -0.3 is 10.2 Å². The smallest absolute Gasteiger partial charge is 0.322 e. The number of rotatable bonds is 5. The average molecular weight is 464 g/mol. The van der Waals surface area contributed by atoms with Gasteiger partial charge in [0.1, 0.15) is 17.2 Å². The molecule has 4 rings (SSSR count). The maximum Gasteiger partial charge on any atom is 0.324 e. The van der Waals surface area contributed by atoms with Gasteiger partial charge in [-0.15, -0.1) is 0 Å². The van der Waals surface area contributed by atoms with E-state index in [1.54, 1.807) is 29.2 Å². The molecule has 0 saturated carbocycles. The minimum absolute atomic E-state index is 0.0733. The molecule has 3 aromatic rings. The average Bonchev–Trinajstić information content (AvgIpc) is 2.78. The zero-order valence-electron chi connectivity index (χ0n) is 19.5. The van der Waals surface area contributed by atoms with E-state index in [9.17, 15) is 18.4 Å². The molecule has 34 heavy (non-hydrogen) atoms. The van der Waals surface area contributed by atoms with Crippen LogP contribution in [0.3, 0.4) is 0 Å². The number of urea groups is 1. The van der Waals surface area contributed by atoms with E-state index in [4.69, 9.17) is 0 Å². The van der Waals surface area contributed by atoms with Crippen molar-refractivity contribution >= 4 is 23.3 Å². The number of hydrogen-bond donors (Lipinski definition) is 1. The molecule has 1 aliphatic rings. The Morgan fingerprint density at radius 2 is 1.56 bits per heavy atom. The van der Waals surface area contributed by atoms with Gasteiger partial charge in [0.05, 0.1) is 0 Å². The summed E-state index contributed by atoms with van der Waals surface area (Å²) in [5.41, 5.74) is 5.16. The van der Waals surface area contributed by atoms with Crippen LogP contribution < -0.4 is 10.2 Å². The molecule has 0 radical (unpaired) electrons. The fourth-order valence-electron chi connectivity index (χ4n) is 4.45. The number of benzene rings is 3. The van der Waals surface area contributed by atoms with Crippen molar-refractivity contribution < 1.29 is 18.4 Å². The van der Waals surface area contributed by atoms with E-state index in [0.29, 0.717) is 31.0 Å². The van der Waals surface area contributed by atoms with Gasteiger partial charge in [-0.25, -0.2) is 13.6 Å². The number of carbonyl (C=O) groups is 2. The van der Waals surface area contributed by atoms with Crippen molar-refractivity contribution in [1.82, 2.24) is 4.90 Å². The highest BCUT2D eigenvalue weighted by molar-refractivity contribution is 6.04. The first-order chi connectivity index (χ1) is 16.2. The van der Waals surface area contributed by atoms with Gasteiger partial charge in [0, 0.05) is 31.0 Å². The summed E-state index contributed by atoms with van der Waals surface area (Å²) in [6.07, 6.45) is 0.834. The third-order valence-electron chi connectivity index (χ3n) is 6.13.